The maximum absolute atomic E-state index is 14.3. The number of carbonyl (C=O) groups excluding carboxylic acids is 2. The van der Waals surface area contributed by atoms with E-state index in [-0.39, 0.29) is 29.1 Å². The maximum atomic E-state index is 14.3. The molecule has 3 aromatic rings. The first-order chi connectivity index (χ1) is 20.5. The predicted molar refractivity (Wildman–Crippen MR) is 173 cm³/mol. The van der Waals surface area contributed by atoms with Gasteiger partial charge >= 0.3 is 0 Å². The molecule has 1 fully saturated rings. The molecular formula is C32H36Cl3N3O4S. The second-order valence-electron chi connectivity index (χ2n) is 10.8. The van der Waals surface area contributed by atoms with Crippen LogP contribution in [0.15, 0.2) is 71.6 Å². The van der Waals surface area contributed by atoms with E-state index in [1.54, 1.807) is 55.5 Å². The fourth-order valence-corrected chi connectivity index (χ4v) is 7.51. The zero-order chi connectivity index (χ0) is 31.1. The van der Waals surface area contributed by atoms with Gasteiger partial charge in [0, 0.05) is 27.7 Å². The molecule has 43 heavy (non-hydrogen) atoms. The van der Waals surface area contributed by atoms with Gasteiger partial charge in [-0.2, -0.15) is 0 Å². The van der Waals surface area contributed by atoms with Gasteiger partial charge in [-0.05, 0) is 73.7 Å². The molecule has 3 aromatic carbocycles. The maximum Gasteiger partial charge on any atom is 0.264 e. The number of aryl methyl sites for hydroxylation is 1. The zero-order valence-corrected chi connectivity index (χ0v) is 27.3. The Morgan fingerprint density at radius 2 is 1.58 bits per heavy atom. The van der Waals surface area contributed by atoms with Gasteiger partial charge < -0.3 is 10.2 Å². The number of benzene rings is 3. The van der Waals surface area contributed by atoms with Crippen LogP contribution in [0.1, 0.15) is 56.6 Å². The van der Waals surface area contributed by atoms with E-state index in [0.717, 1.165) is 36.4 Å². The lowest BCUT2D eigenvalue weighted by atomic mass is 9.95. The van der Waals surface area contributed by atoms with Crippen LogP contribution in [0.2, 0.25) is 15.1 Å². The van der Waals surface area contributed by atoms with E-state index in [1.807, 2.05) is 6.92 Å². The minimum atomic E-state index is -4.20. The van der Waals surface area contributed by atoms with Crippen LogP contribution in [0, 0.1) is 6.92 Å². The quantitative estimate of drug-likeness (QED) is 0.231. The van der Waals surface area contributed by atoms with Crippen molar-refractivity contribution in [2.75, 3.05) is 10.8 Å². The van der Waals surface area contributed by atoms with Gasteiger partial charge in [-0.25, -0.2) is 8.42 Å². The number of nitrogens with one attached hydrogen (secondary N) is 1. The number of hydrogen-bond donors (Lipinski definition) is 1. The summed E-state index contributed by atoms with van der Waals surface area (Å²) in [6.45, 7) is 3.01. The van der Waals surface area contributed by atoms with Gasteiger partial charge in [0.05, 0.1) is 10.6 Å². The minimum absolute atomic E-state index is 0.0147. The summed E-state index contributed by atoms with van der Waals surface area (Å²) in [4.78, 5) is 29.4. The number of sulfonamides is 1. The van der Waals surface area contributed by atoms with Crippen LogP contribution in [-0.4, -0.2) is 43.8 Å². The highest BCUT2D eigenvalue weighted by Crippen LogP contribution is 2.31. The van der Waals surface area contributed by atoms with E-state index in [0.29, 0.717) is 32.6 Å². The largest absolute Gasteiger partial charge is 0.352 e. The summed E-state index contributed by atoms with van der Waals surface area (Å²) in [6, 6.07) is 16.9. The average molecular weight is 665 g/mol. The minimum Gasteiger partial charge on any atom is -0.352 e. The number of nitrogens with zero attached hydrogens (tertiary/aromatic N) is 2. The summed E-state index contributed by atoms with van der Waals surface area (Å²) in [5.41, 5.74) is 1.47. The summed E-state index contributed by atoms with van der Waals surface area (Å²) in [5.74, 6) is -0.834. The van der Waals surface area contributed by atoms with Crippen molar-refractivity contribution >= 4 is 62.3 Å². The Morgan fingerprint density at radius 3 is 2.23 bits per heavy atom. The number of anilines is 1. The molecule has 0 saturated heterocycles. The Balaban J connectivity index is 1.75. The molecule has 0 aromatic heterocycles. The van der Waals surface area contributed by atoms with Gasteiger partial charge in [0.25, 0.3) is 10.0 Å². The molecule has 1 aliphatic rings. The second-order valence-corrected chi connectivity index (χ2v) is 13.9. The molecule has 0 bridgehead atoms. The molecule has 1 N–H and O–H groups in total. The average Bonchev–Trinajstić information content (AvgIpc) is 2.99. The number of carbonyl (C=O) groups is 2. The third kappa shape index (κ3) is 8.24. The van der Waals surface area contributed by atoms with Crippen LogP contribution in [0.3, 0.4) is 0 Å². The number of halogens is 3. The van der Waals surface area contributed by atoms with Gasteiger partial charge in [0.2, 0.25) is 11.8 Å². The Bertz CT molecular complexity index is 1550. The summed E-state index contributed by atoms with van der Waals surface area (Å²) >= 11 is 18.9. The van der Waals surface area contributed by atoms with Crippen molar-refractivity contribution in [3.63, 3.8) is 0 Å². The highest BCUT2D eigenvalue weighted by molar-refractivity contribution is 7.92. The van der Waals surface area contributed by atoms with Crippen molar-refractivity contribution in [3.8, 4) is 0 Å². The predicted octanol–water partition coefficient (Wildman–Crippen LogP) is 7.41. The fourth-order valence-electron chi connectivity index (χ4n) is 5.38. The van der Waals surface area contributed by atoms with E-state index in [2.05, 4.69) is 5.32 Å². The van der Waals surface area contributed by atoms with E-state index >= 15 is 0 Å². The van der Waals surface area contributed by atoms with Crippen molar-refractivity contribution in [1.29, 1.82) is 0 Å². The van der Waals surface area contributed by atoms with Gasteiger partial charge in [0.15, 0.2) is 0 Å². The van der Waals surface area contributed by atoms with Gasteiger partial charge in [-0.3, -0.25) is 13.9 Å². The number of hydrogen-bond acceptors (Lipinski definition) is 4. The van der Waals surface area contributed by atoms with Crippen LogP contribution in [0.5, 0.6) is 0 Å². The van der Waals surface area contributed by atoms with Crippen LogP contribution < -0.4 is 9.62 Å². The third-order valence-corrected chi connectivity index (χ3v) is 10.3. The molecule has 230 valence electrons. The van der Waals surface area contributed by atoms with Crippen molar-refractivity contribution in [3.05, 3.63) is 92.9 Å². The molecule has 1 atom stereocenters. The van der Waals surface area contributed by atoms with Gasteiger partial charge in [0.1, 0.15) is 12.6 Å². The van der Waals surface area contributed by atoms with Crippen LogP contribution in [0.4, 0.5) is 5.69 Å². The first kappa shape index (κ1) is 33.1. The van der Waals surface area contributed by atoms with E-state index < -0.39 is 28.5 Å². The molecule has 4 rings (SSSR count). The zero-order valence-electron chi connectivity index (χ0n) is 24.2. The molecule has 7 nitrogen and oxygen atoms in total. The van der Waals surface area contributed by atoms with Crippen molar-refractivity contribution in [1.82, 2.24) is 10.2 Å². The second kappa shape index (κ2) is 14.8. The molecule has 1 saturated carbocycles. The van der Waals surface area contributed by atoms with E-state index in [9.17, 15) is 18.0 Å². The molecule has 1 aliphatic carbocycles. The summed E-state index contributed by atoms with van der Waals surface area (Å²) in [7, 11) is -4.20. The smallest absolute Gasteiger partial charge is 0.264 e. The summed E-state index contributed by atoms with van der Waals surface area (Å²) < 4.78 is 29.1. The summed E-state index contributed by atoms with van der Waals surface area (Å²) in [5, 5.41) is 4.24. The lowest BCUT2D eigenvalue weighted by Crippen LogP contribution is -2.54. The normalized spacial score (nSPS) is 14.6. The molecule has 0 heterocycles. The molecule has 0 aliphatic heterocycles. The molecular weight excluding hydrogens is 629 g/mol. The molecule has 0 unspecified atom stereocenters. The van der Waals surface area contributed by atoms with Crippen LogP contribution in [-0.2, 0) is 26.2 Å². The SMILES string of the molecule is CC[C@H](C(=O)NC1CCCCC1)N(Cc1ccc(Cl)cc1Cl)C(=O)CN(c1cc(Cl)ccc1C)S(=O)(=O)c1ccccc1. The fraction of sp³-hybridized carbons (Fsp3) is 0.375. The summed E-state index contributed by atoms with van der Waals surface area (Å²) in [6.07, 6.45) is 5.30. The van der Waals surface area contributed by atoms with Crippen molar-refractivity contribution < 1.29 is 18.0 Å². The highest BCUT2D eigenvalue weighted by Gasteiger charge is 2.35. The van der Waals surface area contributed by atoms with Crippen LogP contribution >= 0.6 is 34.8 Å². The van der Waals surface area contributed by atoms with E-state index in [4.69, 9.17) is 34.8 Å². The topological polar surface area (TPSA) is 86.8 Å². The Labute approximate surface area is 269 Å². The Morgan fingerprint density at radius 1 is 0.930 bits per heavy atom. The van der Waals surface area contributed by atoms with E-state index in [1.165, 1.54) is 23.1 Å². The highest BCUT2D eigenvalue weighted by atomic mass is 35.5. The van der Waals surface area contributed by atoms with Gasteiger partial charge in [-0.1, -0.05) is 91.3 Å². The molecule has 0 radical (unpaired) electrons. The monoisotopic (exact) mass is 663 g/mol. The Hall–Kier alpha value is -2.78. The first-order valence-corrected chi connectivity index (χ1v) is 17.0. The Kier molecular flexibility index (Phi) is 11.4. The standard InChI is InChI=1S/C32H36Cl3N3O4S/c1-3-29(32(40)36-26-10-6-4-7-11-26)37(20-23-15-17-24(33)18-28(23)35)31(39)21-38(30-19-25(34)16-14-22(30)2)43(41,42)27-12-8-5-9-13-27/h5,8-9,12-19,26,29H,3-4,6-7,10-11,20-21H2,1-2H3,(H,36,40)/t29-/m1/s1. The molecule has 0 spiro atoms. The van der Waals surface area contributed by atoms with Crippen molar-refractivity contribution in [2.45, 2.75) is 75.9 Å². The van der Waals surface area contributed by atoms with Crippen LogP contribution in [0.25, 0.3) is 0 Å². The third-order valence-electron chi connectivity index (χ3n) is 7.74. The number of amides is 2. The van der Waals surface area contributed by atoms with Crippen molar-refractivity contribution in [2.24, 2.45) is 0 Å². The lowest BCUT2D eigenvalue weighted by Gasteiger charge is -2.35. The molecule has 11 heteroatoms. The lowest BCUT2D eigenvalue weighted by molar-refractivity contribution is -0.140. The first-order valence-electron chi connectivity index (χ1n) is 14.4. The number of rotatable bonds is 11. The van der Waals surface area contributed by atoms with Gasteiger partial charge in [-0.15, -0.1) is 0 Å². The molecule has 2 amide bonds.